The molecule has 0 fully saturated rings. The number of hydrogen-bond donors (Lipinski definition) is 2. The van der Waals surface area contributed by atoms with Gasteiger partial charge in [0, 0.05) is 34.4 Å². The van der Waals surface area contributed by atoms with Crippen LogP contribution in [0, 0.1) is 6.92 Å². The molecule has 0 spiro atoms. The van der Waals surface area contributed by atoms with Crippen molar-refractivity contribution in [2.45, 2.75) is 6.92 Å². The molecule has 0 unspecified atom stereocenters. The number of pyridine rings is 2. The highest BCUT2D eigenvalue weighted by molar-refractivity contribution is 6.00. The second-order valence-corrected chi connectivity index (χ2v) is 3.91. The average molecular weight is 256 g/mol. The molecular formula is C13H12N4O2. The standard InChI is InChI=1S/C13H12N4O2/c1-7-9(5-11(15-2)13(18)19)10-6-16-4-3-8(10)12(14)17-7/h3-6H,2H2,1H3,(H2,14,17)(H,18,19)/b11-5-. The largest absolute Gasteiger partial charge is 0.477 e. The van der Waals surface area contributed by atoms with Crippen molar-refractivity contribution in [2.24, 2.45) is 4.99 Å². The minimum Gasteiger partial charge on any atom is -0.477 e. The Balaban J connectivity index is 2.80. The second kappa shape index (κ2) is 4.85. The summed E-state index contributed by atoms with van der Waals surface area (Å²) >= 11 is 0. The van der Waals surface area contributed by atoms with Crippen LogP contribution in [0.3, 0.4) is 0 Å². The number of nitrogens with zero attached hydrogens (tertiary/aromatic N) is 3. The summed E-state index contributed by atoms with van der Waals surface area (Å²) < 4.78 is 0. The Morgan fingerprint density at radius 3 is 2.89 bits per heavy atom. The molecule has 96 valence electrons. The summed E-state index contributed by atoms with van der Waals surface area (Å²) in [5.74, 6) is -0.765. The third kappa shape index (κ3) is 2.28. The molecule has 0 atom stereocenters. The molecular weight excluding hydrogens is 244 g/mol. The molecule has 6 heteroatoms. The quantitative estimate of drug-likeness (QED) is 0.642. The van der Waals surface area contributed by atoms with Crippen molar-refractivity contribution in [1.29, 1.82) is 0 Å². The van der Waals surface area contributed by atoms with E-state index in [1.54, 1.807) is 25.4 Å². The minimum absolute atomic E-state index is 0.153. The van der Waals surface area contributed by atoms with Gasteiger partial charge >= 0.3 is 5.97 Å². The molecule has 0 aliphatic rings. The monoisotopic (exact) mass is 256 g/mol. The predicted octanol–water partition coefficient (Wildman–Crippen LogP) is 1.65. The van der Waals surface area contributed by atoms with Crippen LogP contribution in [-0.4, -0.2) is 27.8 Å². The van der Waals surface area contributed by atoms with Crippen LogP contribution in [0.15, 0.2) is 29.1 Å². The molecule has 19 heavy (non-hydrogen) atoms. The minimum atomic E-state index is -1.15. The molecule has 0 aliphatic heterocycles. The van der Waals surface area contributed by atoms with Gasteiger partial charge in [0.05, 0.1) is 0 Å². The van der Waals surface area contributed by atoms with E-state index in [2.05, 4.69) is 21.7 Å². The number of aliphatic carboxylic acids is 1. The number of rotatable bonds is 3. The van der Waals surface area contributed by atoms with E-state index in [1.807, 2.05) is 0 Å². The van der Waals surface area contributed by atoms with E-state index in [1.165, 1.54) is 6.08 Å². The van der Waals surface area contributed by atoms with Gasteiger partial charge in [-0.1, -0.05) is 0 Å². The number of hydrogen-bond acceptors (Lipinski definition) is 5. The van der Waals surface area contributed by atoms with Crippen LogP contribution in [0.4, 0.5) is 5.82 Å². The number of carbonyl (C=O) groups is 1. The predicted molar refractivity (Wildman–Crippen MR) is 73.8 cm³/mol. The van der Waals surface area contributed by atoms with Gasteiger partial charge in [-0.05, 0) is 25.8 Å². The third-order valence-corrected chi connectivity index (χ3v) is 2.74. The first kappa shape index (κ1) is 12.7. The molecule has 0 radical (unpaired) electrons. The summed E-state index contributed by atoms with van der Waals surface area (Å²) in [5, 5.41) is 10.4. The molecule has 2 heterocycles. The summed E-state index contributed by atoms with van der Waals surface area (Å²) in [6.45, 7) is 4.99. The van der Waals surface area contributed by atoms with E-state index in [4.69, 9.17) is 10.8 Å². The van der Waals surface area contributed by atoms with E-state index in [0.29, 0.717) is 17.1 Å². The fraction of sp³-hybridized carbons (Fsp3) is 0.0769. The van der Waals surface area contributed by atoms with E-state index < -0.39 is 5.97 Å². The molecule has 0 aromatic carbocycles. The molecule has 2 aromatic heterocycles. The molecule has 2 aromatic rings. The Kier molecular flexibility index (Phi) is 3.24. The smallest absolute Gasteiger partial charge is 0.354 e. The number of aromatic nitrogens is 2. The average Bonchev–Trinajstić information content (AvgIpc) is 2.38. The fourth-order valence-electron chi connectivity index (χ4n) is 1.82. The fourth-order valence-corrected chi connectivity index (χ4v) is 1.82. The van der Waals surface area contributed by atoms with Gasteiger partial charge in [0.25, 0.3) is 0 Å². The van der Waals surface area contributed by atoms with Crippen molar-refractivity contribution in [3.8, 4) is 0 Å². The number of anilines is 1. The first-order chi connectivity index (χ1) is 9.04. The lowest BCUT2D eigenvalue weighted by Crippen LogP contribution is -2.01. The number of carboxylic acid groups (broad SMARTS) is 1. The first-order valence-electron chi connectivity index (χ1n) is 5.46. The van der Waals surface area contributed by atoms with Crippen LogP contribution < -0.4 is 5.73 Å². The van der Waals surface area contributed by atoms with Crippen molar-refractivity contribution >= 4 is 35.4 Å². The normalized spacial score (nSPS) is 11.5. The Hall–Kier alpha value is -2.76. The Bertz CT molecular complexity index is 707. The maximum Gasteiger partial charge on any atom is 0.354 e. The number of aliphatic imine (C=N–C) groups is 1. The summed E-state index contributed by atoms with van der Waals surface area (Å²) in [7, 11) is 0. The molecule has 6 nitrogen and oxygen atoms in total. The molecule has 2 rings (SSSR count). The number of fused-ring (bicyclic) bond motifs is 1. The van der Waals surface area contributed by atoms with Crippen LogP contribution in [0.2, 0.25) is 0 Å². The Labute approximate surface area is 109 Å². The first-order valence-corrected chi connectivity index (χ1v) is 5.46. The van der Waals surface area contributed by atoms with Crippen molar-refractivity contribution in [3.05, 3.63) is 35.4 Å². The van der Waals surface area contributed by atoms with Gasteiger partial charge in [0.1, 0.15) is 11.5 Å². The lowest BCUT2D eigenvalue weighted by Gasteiger charge is -2.08. The van der Waals surface area contributed by atoms with Gasteiger partial charge in [0.15, 0.2) is 0 Å². The highest BCUT2D eigenvalue weighted by atomic mass is 16.4. The van der Waals surface area contributed by atoms with Gasteiger partial charge in [-0.3, -0.25) is 9.98 Å². The van der Waals surface area contributed by atoms with E-state index in [-0.39, 0.29) is 5.70 Å². The lowest BCUT2D eigenvalue weighted by molar-refractivity contribution is -0.132. The zero-order valence-electron chi connectivity index (χ0n) is 10.3. The molecule has 0 saturated heterocycles. The van der Waals surface area contributed by atoms with Gasteiger partial charge in [-0.2, -0.15) is 0 Å². The van der Waals surface area contributed by atoms with Crippen LogP contribution in [-0.2, 0) is 4.79 Å². The van der Waals surface area contributed by atoms with Gasteiger partial charge in [-0.15, -0.1) is 0 Å². The van der Waals surface area contributed by atoms with Crippen LogP contribution in [0.1, 0.15) is 11.3 Å². The van der Waals surface area contributed by atoms with Gasteiger partial charge in [0.2, 0.25) is 0 Å². The zero-order valence-corrected chi connectivity index (χ0v) is 10.3. The maximum atomic E-state index is 11.0. The zero-order chi connectivity index (χ0) is 14.0. The van der Waals surface area contributed by atoms with E-state index in [9.17, 15) is 4.79 Å². The highest BCUT2D eigenvalue weighted by Crippen LogP contribution is 2.26. The number of carboxylic acids is 1. The van der Waals surface area contributed by atoms with Crippen molar-refractivity contribution in [2.75, 3.05) is 5.73 Å². The third-order valence-electron chi connectivity index (χ3n) is 2.74. The molecule has 0 bridgehead atoms. The molecule has 0 saturated carbocycles. The molecule has 0 amide bonds. The van der Waals surface area contributed by atoms with Crippen LogP contribution in [0.25, 0.3) is 16.8 Å². The molecule has 3 N–H and O–H groups in total. The molecule has 0 aliphatic carbocycles. The Morgan fingerprint density at radius 1 is 1.53 bits per heavy atom. The summed E-state index contributed by atoms with van der Waals surface area (Å²) in [6, 6.07) is 1.73. The van der Waals surface area contributed by atoms with Crippen LogP contribution in [0.5, 0.6) is 0 Å². The summed E-state index contributed by atoms with van der Waals surface area (Å²) in [5.41, 5.74) is 6.92. The number of nitrogens with two attached hydrogens (primary N) is 1. The van der Waals surface area contributed by atoms with E-state index in [0.717, 1.165) is 10.8 Å². The SMILES string of the molecule is C=N/C(=C\c1c(C)nc(N)c2ccncc12)C(=O)O. The van der Waals surface area contributed by atoms with Gasteiger partial charge < -0.3 is 10.8 Å². The summed E-state index contributed by atoms with van der Waals surface area (Å²) in [6.07, 6.45) is 4.64. The van der Waals surface area contributed by atoms with Crippen LogP contribution >= 0.6 is 0 Å². The van der Waals surface area contributed by atoms with Crippen molar-refractivity contribution < 1.29 is 9.90 Å². The highest BCUT2D eigenvalue weighted by Gasteiger charge is 2.11. The van der Waals surface area contributed by atoms with Gasteiger partial charge in [-0.25, -0.2) is 9.78 Å². The van der Waals surface area contributed by atoms with Crippen molar-refractivity contribution in [1.82, 2.24) is 9.97 Å². The maximum absolute atomic E-state index is 11.0. The Morgan fingerprint density at radius 2 is 2.26 bits per heavy atom. The van der Waals surface area contributed by atoms with E-state index >= 15 is 0 Å². The lowest BCUT2D eigenvalue weighted by atomic mass is 10.0. The second-order valence-electron chi connectivity index (χ2n) is 3.91. The van der Waals surface area contributed by atoms with Crippen molar-refractivity contribution in [3.63, 3.8) is 0 Å². The summed E-state index contributed by atoms with van der Waals surface area (Å²) in [4.78, 5) is 22.7. The number of nitrogen functional groups attached to an aromatic ring is 1. The number of aryl methyl sites for hydroxylation is 1. The topological polar surface area (TPSA) is 101 Å².